The van der Waals surface area contributed by atoms with Crippen LogP contribution in [0.15, 0.2) is 47.3 Å². The van der Waals surface area contributed by atoms with Gasteiger partial charge in [-0.1, -0.05) is 31.0 Å². The number of benzene rings is 2. The molecule has 1 fully saturated rings. The monoisotopic (exact) mass is 422 g/mol. The maximum atomic E-state index is 13.2. The van der Waals surface area contributed by atoms with E-state index in [1.165, 1.54) is 0 Å². The first kappa shape index (κ1) is 19.7. The van der Waals surface area contributed by atoms with Gasteiger partial charge >= 0.3 is 11.7 Å². The average Bonchev–Trinajstić information content (AvgIpc) is 3.42. The molecule has 7 nitrogen and oxygen atoms in total. The number of imidazole rings is 1. The third kappa shape index (κ3) is 3.58. The van der Waals surface area contributed by atoms with E-state index < -0.39 is 5.41 Å². The summed E-state index contributed by atoms with van der Waals surface area (Å²) in [6.07, 6.45) is 4.11. The molecule has 1 aliphatic carbocycles. The minimum atomic E-state index is -0.631. The van der Waals surface area contributed by atoms with E-state index in [2.05, 4.69) is 4.98 Å². The second-order valence-electron chi connectivity index (χ2n) is 8.24. The molecular weight excluding hydrogens is 396 g/mol. The summed E-state index contributed by atoms with van der Waals surface area (Å²) in [7, 11) is 0. The Bertz CT molecular complexity index is 1160. The van der Waals surface area contributed by atoms with Crippen LogP contribution in [0.1, 0.15) is 37.7 Å². The summed E-state index contributed by atoms with van der Waals surface area (Å²) in [5.41, 5.74) is 1.84. The Hall–Kier alpha value is -3.22. The third-order valence-electron chi connectivity index (χ3n) is 6.38. The van der Waals surface area contributed by atoms with Crippen LogP contribution in [0, 0.1) is 0 Å². The van der Waals surface area contributed by atoms with Crippen molar-refractivity contribution >= 4 is 17.0 Å². The summed E-state index contributed by atoms with van der Waals surface area (Å²) in [6, 6.07) is 13.4. The number of esters is 1. The Kier molecular flexibility index (Phi) is 5.18. The molecule has 0 bridgehead atoms. The van der Waals surface area contributed by atoms with Crippen molar-refractivity contribution in [1.29, 1.82) is 0 Å². The molecule has 31 heavy (non-hydrogen) atoms. The molecule has 1 saturated carbocycles. The van der Waals surface area contributed by atoms with Gasteiger partial charge in [-0.25, -0.2) is 4.79 Å². The van der Waals surface area contributed by atoms with Gasteiger partial charge in [-0.15, -0.1) is 0 Å². The normalized spacial score (nSPS) is 17.0. The Morgan fingerprint density at radius 3 is 2.68 bits per heavy atom. The first-order valence-corrected chi connectivity index (χ1v) is 10.9. The molecule has 0 unspecified atom stereocenters. The molecule has 0 spiro atoms. The topological polar surface area (TPSA) is 82.6 Å². The number of fused-ring (bicyclic) bond motifs is 2. The van der Waals surface area contributed by atoms with Gasteiger partial charge in [-0.3, -0.25) is 9.36 Å². The van der Waals surface area contributed by atoms with Gasteiger partial charge in [-0.05, 0) is 49.1 Å². The van der Waals surface area contributed by atoms with Crippen LogP contribution in [-0.2, 0) is 21.5 Å². The van der Waals surface area contributed by atoms with Crippen LogP contribution in [0.4, 0.5) is 0 Å². The molecule has 5 rings (SSSR count). The molecule has 1 N–H and O–H groups in total. The molecule has 2 aliphatic rings. The summed E-state index contributed by atoms with van der Waals surface area (Å²) in [5.74, 6) is 1.23. The maximum absolute atomic E-state index is 13.2. The Balaban J connectivity index is 1.27. The molecule has 1 aromatic heterocycles. The molecular formula is C24H26N2O5. The molecule has 162 valence electrons. The van der Waals surface area contributed by atoms with Crippen molar-refractivity contribution in [3.05, 3.63) is 58.5 Å². The lowest BCUT2D eigenvalue weighted by Gasteiger charge is -2.29. The summed E-state index contributed by atoms with van der Waals surface area (Å²) >= 11 is 0. The fourth-order valence-corrected chi connectivity index (χ4v) is 4.78. The largest absolute Gasteiger partial charge is 0.486 e. The Morgan fingerprint density at radius 1 is 1.06 bits per heavy atom. The average molecular weight is 422 g/mol. The van der Waals surface area contributed by atoms with E-state index in [9.17, 15) is 9.59 Å². The highest BCUT2D eigenvalue weighted by molar-refractivity contribution is 5.84. The number of ether oxygens (including phenoxy) is 3. The van der Waals surface area contributed by atoms with Gasteiger partial charge in [0.15, 0.2) is 11.5 Å². The predicted molar refractivity (Wildman–Crippen MR) is 116 cm³/mol. The number of nitrogens with zero attached hydrogens (tertiary/aromatic N) is 1. The van der Waals surface area contributed by atoms with Crippen molar-refractivity contribution in [3.63, 3.8) is 0 Å². The SMILES string of the molecule is O=C(OCCCn1c(=O)[nH]c2ccccc21)C1(c2ccc3c(c2)OCCO3)CCCC1. The molecule has 2 heterocycles. The zero-order valence-electron chi connectivity index (χ0n) is 17.4. The number of aromatic nitrogens is 2. The molecule has 2 aromatic carbocycles. The smallest absolute Gasteiger partial charge is 0.326 e. The van der Waals surface area contributed by atoms with Gasteiger partial charge < -0.3 is 19.2 Å². The quantitative estimate of drug-likeness (QED) is 0.485. The number of hydrogen-bond donors (Lipinski definition) is 1. The fraction of sp³-hybridized carbons (Fsp3) is 0.417. The number of carbonyl (C=O) groups is 1. The number of H-pyrrole nitrogens is 1. The first-order chi connectivity index (χ1) is 15.2. The molecule has 0 amide bonds. The number of nitrogens with one attached hydrogen (secondary N) is 1. The van der Waals surface area contributed by atoms with E-state index in [1.54, 1.807) is 4.57 Å². The minimum absolute atomic E-state index is 0.143. The first-order valence-electron chi connectivity index (χ1n) is 10.9. The second-order valence-corrected chi connectivity index (χ2v) is 8.24. The summed E-state index contributed by atoms with van der Waals surface area (Å²) in [5, 5.41) is 0. The number of rotatable bonds is 6. The maximum Gasteiger partial charge on any atom is 0.326 e. The van der Waals surface area contributed by atoms with Crippen molar-refractivity contribution < 1.29 is 19.0 Å². The van der Waals surface area contributed by atoms with Crippen LogP contribution in [0.2, 0.25) is 0 Å². The molecule has 3 aromatic rings. The highest BCUT2D eigenvalue weighted by Gasteiger charge is 2.44. The number of aryl methyl sites for hydroxylation is 1. The van der Waals surface area contributed by atoms with Crippen molar-refractivity contribution in [2.45, 2.75) is 44.1 Å². The van der Waals surface area contributed by atoms with Crippen molar-refractivity contribution in [1.82, 2.24) is 9.55 Å². The predicted octanol–water partition coefficient (Wildman–Crippen LogP) is 3.55. The lowest BCUT2D eigenvalue weighted by molar-refractivity contribution is -0.150. The van der Waals surface area contributed by atoms with Gasteiger partial charge in [0, 0.05) is 6.54 Å². The van der Waals surface area contributed by atoms with Crippen molar-refractivity contribution in [2.24, 2.45) is 0 Å². The van der Waals surface area contributed by atoms with Crippen LogP contribution in [0.3, 0.4) is 0 Å². The van der Waals surface area contributed by atoms with Crippen LogP contribution >= 0.6 is 0 Å². The number of carbonyl (C=O) groups excluding carboxylic acids is 1. The highest BCUT2D eigenvalue weighted by Crippen LogP contribution is 2.45. The van der Waals surface area contributed by atoms with Gasteiger partial charge in [0.2, 0.25) is 0 Å². The van der Waals surface area contributed by atoms with Crippen LogP contribution in [0.25, 0.3) is 11.0 Å². The standard InChI is InChI=1S/C24H26N2O5/c27-22(31-13-5-12-26-19-7-2-1-6-18(19)25-23(26)28)24(10-3-4-11-24)17-8-9-20-21(16-17)30-15-14-29-20/h1-2,6-9,16H,3-5,10-15H2,(H,25,28). The zero-order chi connectivity index (χ0) is 21.3. The van der Waals surface area contributed by atoms with E-state index >= 15 is 0 Å². The number of aromatic amines is 1. The highest BCUT2D eigenvalue weighted by atomic mass is 16.6. The van der Waals surface area contributed by atoms with E-state index in [0.29, 0.717) is 31.9 Å². The summed E-state index contributed by atoms with van der Waals surface area (Å²) in [4.78, 5) is 28.3. The number of hydrogen-bond acceptors (Lipinski definition) is 5. The van der Waals surface area contributed by atoms with E-state index in [1.807, 2.05) is 42.5 Å². The lowest BCUT2D eigenvalue weighted by atomic mass is 9.78. The van der Waals surface area contributed by atoms with Crippen LogP contribution in [0.5, 0.6) is 11.5 Å². The third-order valence-corrected chi connectivity index (χ3v) is 6.38. The molecule has 7 heteroatoms. The molecule has 0 saturated heterocycles. The zero-order valence-corrected chi connectivity index (χ0v) is 17.4. The van der Waals surface area contributed by atoms with Gasteiger partial charge in [0.25, 0.3) is 0 Å². The fourth-order valence-electron chi connectivity index (χ4n) is 4.78. The summed E-state index contributed by atoms with van der Waals surface area (Å²) in [6.45, 7) is 1.82. The lowest BCUT2D eigenvalue weighted by Crippen LogP contribution is -2.35. The van der Waals surface area contributed by atoms with Gasteiger partial charge in [0.1, 0.15) is 13.2 Å². The summed E-state index contributed by atoms with van der Waals surface area (Å²) < 4.78 is 18.8. The Labute approximate surface area is 179 Å². The van der Waals surface area contributed by atoms with Crippen LogP contribution < -0.4 is 15.2 Å². The number of para-hydroxylation sites is 2. The molecule has 0 atom stereocenters. The second kappa shape index (κ2) is 8.13. The Morgan fingerprint density at radius 2 is 1.84 bits per heavy atom. The molecule has 0 radical (unpaired) electrons. The molecule has 1 aliphatic heterocycles. The van der Waals surface area contributed by atoms with E-state index in [4.69, 9.17) is 14.2 Å². The van der Waals surface area contributed by atoms with E-state index in [-0.39, 0.29) is 18.3 Å². The van der Waals surface area contributed by atoms with Gasteiger partial charge in [-0.2, -0.15) is 0 Å². The van der Waals surface area contributed by atoms with Gasteiger partial charge in [0.05, 0.1) is 23.1 Å². The van der Waals surface area contributed by atoms with Crippen LogP contribution in [-0.4, -0.2) is 35.3 Å². The van der Waals surface area contributed by atoms with E-state index in [0.717, 1.165) is 48.0 Å². The van der Waals surface area contributed by atoms with Crippen molar-refractivity contribution in [2.75, 3.05) is 19.8 Å². The minimum Gasteiger partial charge on any atom is -0.486 e. The van der Waals surface area contributed by atoms with Crippen molar-refractivity contribution in [3.8, 4) is 11.5 Å².